The van der Waals surface area contributed by atoms with Gasteiger partial charge in [-0.3, -0.25) is 0 Å². The number of fused-ring (bicyclic) bond motifs is 1. The second-order valence-corrected chi connectivity index (χ2v) is 8.72. The molecule has 108 valence electrons. The zero-order valence-electron chi connectivity index (χ0n) is 11.9. The highest BCUT2D eigenvalue weighted by Crippen LogP contribution is 2.41. The highest BCUT2D eigenvalue weighted by molar-refractivity contribution is 7.90. The van der Waals surface area contributed by atoms with Gasteiger partial charge in [0.05, 0.1) is 11.9 Å². The maximum absolute atomic E-state index is 11.2. The number of aliphatic hydroxyl groups is 1. The molecule has 0 radical (unpaired) electrons. The molecule has 1 N–H and O–H groups in total. The van der Waals surface area contributed by atoms with Crippen LogP contribution in [0.1, 0.15) is 44.1 Å². The fourth-order valence-electron chi connectivity index (χ4n) is 2.89. The largest absolute Gasteiger partial charge is 0.388 e. The molecule has 4 nitrogen and oxygen atoms in total. The molecule has 1 aromatic rings. The molecule has 0 spiro atoms. The Hall–Kier alpha value is -0.810. The number of aryl methyl sites for hydroxylation is 1. The fourth-order valence-corrected chi connectivity index (χ4v) is 3.55. The summed E-state index contributed by atoms with van der Waals surface area (Å²) in [5, 5.41) is 10.2. The van der Waals surface area contributed by atoms with Crippen molar-refractivity contribution in [2.24, 2.45) is 5.41 Å². The number of hydrogen-bond donors (Lipinski definition) is 1. The van der Waals surface area contributed by atoms with E-state index in [0.29, 0.717) is 13.0 Å². The third kappa shape index (κ3) is 3.60. The lowest BCUT2D eigenvalue weighted by atomic mass is 9.75. The number of aliphatic hydroxyl groups excluding tert-OH is 1. The van der Waals surface area contributed by atoms with Crippen LogP contribution in [0.2, 0.25) is 0 Å². The Bertz CT molecular complexity index is 557. The second kappa shape index (κ2) is 4.94. The van der Waals surface area contributed by atoms with E-state index in [1.165, 1.54) is 6.26 Å². The highest BCUT2D eigenvalue weighted by Gasteiger charge is 2.33. The first-order chi connectivity index (χ1) is 8.68. The summed E-state index contributed by atoms with van der Waals surface area (Å²) in [6.07, 6.45) is 5.19. The topological polar surface area (TPSA) is 59.3 Å². The van der Waals surface area contributed by atoms with Gasteiger partial charge in [0.1, 0.15) is 9.84 Å². The number of nitrogens with zero attached hydrogens (tertiary/aromatic N) is 1. The van der Waals surface area contributed by atoms with Gasteiger partial charge in [0.2, 0.25) is 0 Å². The summed E-state index contributed by atoms with van der Waals surface area (Å²) >= 11 is 0. The molecule has 1 aliphatic rings. The van der Waals surface area contributed by atoms with Crippen molar-refractivity contribution in [2.45, 2.75) is 45.8 Å². The Kier molecular flexibility index (Phi) is 3.80. The average molecular weight is 285 g/mol. The van der Waals surface area contributed by atoms with Gasteiger partial charge in [0.15, 0.2) is 0 Å². The lowest BCUT2D eigenvalue weighted by molar-refractivity contribution is 0.0979. The Morgan fingerprint density at radius 3 is 2.79 bits per heavy atom. The van der Waals surface area contributed by atoms with Gasteiger partial charge in [-0.15, -0.1) is 0 Å². The monoisotopic (exact) mass is 285 g/mol. The van der Waals surface area contributed by atoms with Crippen molar-refractivity contribution in [1.82, 2.24) is 4.57 Å². The van der Waals surface area contributed by atoms with Crippen molar-refractivity contribution < 1.29 is 13.5 Å². The fraction of sp³-hybridized carbons (Fsp3) is 0.714. The minimum atomic E-state index is -2.89. The predicted octanol–water partition coefficient (Wildman–Crippen LogP) is 1.93. The third-order valence-electron chi connectivity index (χ3n) is 3.78. The molecule has 1 atom stereocenters. The van der Waals surface area contributed by atoms with Gasteiger partial charge < -0.3 is 9.67 Å². The Morgan fingerprint density at radius 2 is 2.16 bits per heavy atom. The molecule has 2 rings (SSSR count). The normalized spacial score (nSPS) is 22.2. The molecule has 1 heterocycles. The van der Waals surface area contributed by atoms with E-state index < -0.39 is 15.9 Å². The first-order valence-corrected chi connectivity index (χ1v) is 8.78. The standard InChI is InChI=1S/C14H23NO3S/c1-14(2)9-12-11(13(16)10-14)5-7-15(12)6-4-8-19(3,17)18/h5,7,13,16H,4,6,8-10H2,1-3H3. The number of sulfone groups is 1. The first-order valence-electron chi connectivity index (χ1n) is 6.72. The smallest absolute Gasteiger partial charge is 0.147 e. The van der Waals surface area contributed by atoms with Gasteiger partial charge in [0.25, 0.3) is 0 Å². The Morgan fingerprint density at radius 1 is 1.47 bits per heavy atom. The summed E-state index contributed by atoms with van der Waals surface area (Å²) in [5.74, 6) is 0.214. The lowest BCUT2D eigenvalue weighted by Gasteiger charge is -2.34. The van der Waals surface area contributed by atoms with Gasteiger partial charge in [-0.1, -0.05) is 13.8 Å². The van der Waals surface area contributed by atoms with Crippen LogP contribution in [-0.2, 0) is 22.8 Å². The van der Waals surface area contributed by atoms with Gasteiger partial charge in [0, 0.05) is 30.3 Å². The van der Waals surface area contributed by atoms with Crippen LogP contribution in [0.3, 0.4) is 0 Å². The molecule has 19 heavy (non-hydrogen) atoms. The number of rotatable bonds is 4. The lowest BCUT2D eigenvalue weighted by Crippen LogP contribution is -2.27. The van der Waals surface area contributed by atoms with E-state index in [0.717, 1.165) is 24.1 Å². The highest BCUT2D eigenvalue weighted by atomic mass is 32.2. The van der Waals surface area contributed by atoms with E-state index in [4.69, 9.17) is 0 Å². The van der Waals surface area contributed by atoms with Gasteiger partial charge in [-0.05, 0) is 30.7 Å². The van der Waals surface area contributed by atoms with Crippen molar-refractivity contribution in [3.8, 4) is 0 Å². The maximum atomic E-state index is 11.2. The van der Waals surface area contributed by atoms with Gasteiger partial charge >= 0.3 is 0 Å². The van der Waals surface area contributed by atoms with Crippen molar-refractivity contribution >= 4 is 9.84 Å². The van der Waals surface area contributed by atoms with Gasteiger partial charge in [-0.25, -0.2) is 8.42 Å². The predicted molar refractivity (Wildman–Crippen MR) is 75.8 cm³/mol. The van der Waals surface area contributed by atoms with Crippen LogP contribution < -0.4 is 0 Å². The zero-order chi connectivity index (χ0) is 14.3. The van der Waals surface area contributed by atoms with Crippen LogP contribution in [0, 0.1) is 5.41 Å². The van der Waals surface area contributed by atoms with E-state index in [-0.39, 0.29) is 11.2 Å². The molecule has 0 fully saturated rings. The number of hydrogen-bond acceptors (Lipinski definition) is 3. The van der Waals surface area contributed by atoms with Crippen LogP contribution in [0.4, 0.5) is 0 Å². The van der Waals surface area contributed by atoms with Crippen molar-refractivity contribution in [2.75, 3.05) is 12.0 Å². The minimum Gasteiger partial charge on any atom is -0.388 e. The molecule has 0 bridgehead atoms. The summed E-state index contributed by atoms with van der Waals surface area (Å²) in [5.41, 5.74) is 2.27. The minimum absolute atomic E-state index is 0.0966. The molecule has 0 saturated heterocycles. The molecule has 0 aliphatic heterocycles. The maximum Gasteiger partial charge on any atom is 0.147 e. The van der Waals surface area contributed by atoms with E-state index in [2.05, 4.69) is 18.4 Å². The molecular formula is C14H23NO3S. The summed E-state index contributed by atoms with van der Waals surface area (Å²) < 4.78 is 24.4. The molecule has 0 aromatic carbocycles. The third-order valence-corrected chi connectivity index (χ3v) is 4.81. The summed E-state index contributed by atoms with van der Waals surface area (Å²) in [6, 6.07) is 1.97. The van der Waals surface area contributed by atoms with Crippen LogP contribution in [-0.4, -0.2) is 30.1 Å². The molecular weight excluding hydrogens is 262 g/mol. The van der Waals surface area contributed by atoms with Crippen LogP contribution >= 0.6 is 0 Å². The SMILES string of the molecule is CC1(C)Cc2c(ccn2CCCS(C)(=O)=O)C(O)C1. The van der Waals surface area contributed by atoms with Crippen LogP contribution in [0.15, 0.2) is 12.3 Å². The van der Waals surface area contributed by atoms with Crippen molar-refractivity contribution in [3.63, 3.8) is 0 Å². The molecule has 0 amide bonds. The molecule has 0 saturated carbocycles. The quantitative estimate of drug-likeness (QED) is 0.919. The molecule has 1 aliphatic carbocycles. The van der Waals surface area contributed by atoms with E-state index >= 15 is 0 Å². The van der Waals surface area contributed by atoms with E-state index in [1.54, 1.807) is 0 Å². The summed E-state index contributed by atoms with van der Waals surface area (Å²) in [4.78, 5) is 0. The van der Waals surface area contributed by atoms with Gasteiger partial charge in [-0.2, -0.15) is 0 Å². The van der Waals surface area contributed by atoms with Crippen LogP contribution in [0.25, 0.3) is 0 Å². The van der Waals surface area contributed by atoms with Crippen LogP contribution in [0.5, 0.6) is 0 Å². The van der Waals surface area contributed by atoms with Crippen molar-refractivity contribution in [3.05, 3.63) is 23.5 Å². The summed E-state index contributed by atoms with van der Waals surface area (Å²) in [7, 11) is -2.89. The zero-order valence-corrected chi connectivity index (χ0v) is 12.7. The van der Waals surface area contributed by atoms with Crippen molar-refractivity contribution in [1.29, 1.82) is 0 Å². The molecule has 1 unspecified atom stereocenters. The Labute approximate surface area is 115 Å². The van der Waals surface area contributed by atoms with E-state index in [1.807, 2.05) is 12.3 Å². The Balaban J connectivity index is 2.12. The first kappa shape index (κ1) is 14.6. The summed E-state index contributed by atoms with van der Waals surface area (Å²) in [6.45, 7) is 5.02. The average Bonchev–Trinajstić information content (AvgIpc) is 2.58. The molecule has 1 aromatic heterocycles. The van der Waals surface area contributed by atoms with E-state index in [9.17, 15) is 13.5 Å². The molecule has 5 heteroatoms. The second-order valence-electron chi connectivity index (χ2n) is 6.46. The number of aromatic nitrogens is 1.